The SMILES string of the molecule is COc1ccc(Sc2ncnc(Cl)c2C)cc1. The summed E-state index contributed by atoms with van der Waals surface area (Å²) < 4.78 is 5.11. The Bertz CT molecular complexity index is 516. The van der Waals surface area contributed by atoms with Gasteiger partial charge in [-0.15, -0.1) is 0 Å². The number of hydrogen-bond donors (Lipinski definition) is 0. The van der Waals surface area contributed by atoms with Gasteiger partial charge in [0.25, 0.3) is 0 Å². The number of ether oxygens (including phenoxy) is 1. The first kappa shape index (κ1) is 12.2. The second-order valence-electron chi connectivity index (χ2n) is 3.37. The Labute approximate surface area is 109 Å². The zero-order chi connectivity index (χ0) is 12.3. The number of halogens is 1. The molecule has 2 rings (SSSR count). The third-order valence-corrected chi connectivity index (χ3v) is 3.74. The van der Waals surface area contributed by atoms with Gasteiger partial charge in [-0.25, -0.2) is 9.97 Å². The molecular formula is C12H11ClN2OS. The largest absolute Gasteiger partial charge is 0.497 e. The van der Waals surface area contributed by atoms with E-state index in [0.717, 1.165) is 21.2 Å². The summed E-state index contributed by atoms with van der Waals surface area (Å²) in [5.41, 5.74) is 0.898. The fourth-order valence-electron chi connectivity index (χ4n) is 1.27. The van der Waals surface area contributed by atoms with Gasteiger partial charge in [-0.05, 0) is 31.2 Å². The highest BCUT2D eigenvalue weighted by molar-refractivity contribution is 7.99. The summed E-state index contributed by atoms with van der Waals surface area (Å²) in [6.45, 7) is 1.91. The van der Waals surface area contributed by atoms with E-state index in [2.05, 4.69) is 9.97 Å². The molecule has 0 spiro atoms. The van der Waals surface area contributed by atoms with Gasteiger partial charge in [0.15, 0.2) is 0 Å². The maximum atomic E-state index is 5.94. The number of methoxy groups -OCH3 is 1. The van der Waals surface area contributed by atoms with Crippen LogP contribution in [0.25, 0.3) is 0 Å². The molecule has 0 radical (unpaired) electrons. The van der Waals surface area contributed by atoms with Crippen molar-refractivity contribution in [1.82, 2.24) is 9.97 Å². The van der Waals surface area contributed by atoms with Crippen LogP contribution < -0.4 is 4.74 Å². The van der Waals surface area contributed by atoms with Crippen LogP contribution in [0.15, 0.2) is 40.5 Å². The summed E-state index contributed by atoms with van der Waals surface area (Å²) in [6.07, 6.45) is 1.47. The first-order valence-electron chi connectivity index (χ1n) is 4.99. The van der Waals surface area contributed by atoms with Crippen LogP contribution in [0.2, 0.25) is 5.15 Å². The molecule has 0 amide bonds. The lowest BCUT2D eigenvalue weighted by Gasteiger charge is -2.05. The van der Waals surface area contributed by atoms with E-state index in [0.29, 0.717) is 5.15 Å². The Morgan fingerprint density at radius 1 is 1.18 bits per heavy atom. The molecule has 0 N–H and O–H groups in total. The van der Waals surface area contributed by atoms with Crippen molar-refractivity contribution in [2.75, 3.05) is 7.11 Å². The molecule has 0 bridgehead atoms. The minimum Gasteiger partial charge on any atom is -0.497 e. The van der Waals surface area contributed by atoms with E-state index in [1.807, 2.05) is 31.2 Å². The zero-order valence-electron chi connectivity index (χ0n) is 9.48. The lowest BCUT2D eigenvalue weighted by atomic mass is 10.3. The second-order valence-corrected chi connectivity index (χ2v) is 4.79. The molecule has 88 valence electrons. The van der Waals surface area contributed by atoms with Crippen molar-refractivity contribution in [1.29, 1.82) is 0 Å². The van der Waals surface area contributed by atoms with Crippen molar-refractivity contribution in [3.05, 3.63) is 41.3 Å². The van der Waals surface area contributed by atoms with Crippen LogP contribution >= 0.6 is 23.4 Å². The number of hydrogen-bond acceptors (Lipinski definition) is 4. The Morgan fingerprint density at radius 2 is 1.88 bits per heavy atom. The molecule has 0 aliphatic heterocycles. The normalized spacial score (nSPS) is 10.3. The maximum Gasteiger partial charge on any atom is 0.136 e. The smallest absolute Gasteiger partial charge is 0.136 e. The molecule has 0 saturated carbocycles. The van der Waals surface area contributed by atoms with Gasteiger partial charge in [0.2, 0.25) is 0 Å². The van der Waals surface area contributed by atoms with Gasteiger partial charge in [0.05, 0.1) is 7.11 Å². The average Bonchev–Trinajstić information content (AvgIpc) is 2.36. The molecule has 0 saturated heterocycles. The zero-order valence-corrected chi connectivity index (χ0v) is 11.0. The predicted octanol–water partition coefficient (Wildman–Crippen LogP) is 3.60. The predicted molar refractivity (Wildman–Crippen MR) is 68.9 cm³/mol. The van der Waals surface area contributed by atoms with E-state index < -0.39 is 0 Å². The van der Waals surface area contributed by atoms with Crippen molar-refractivity contribution < 1.29 is 4.74 Å². The van der Waals surface area contributed by atoms with Crippen LogP contribution in [0, 0.1) is 6.92 Å². The number of nitrogens with zero attached hydrogens (tertiary/aromatic N) is 2. The fourth-order valence-corrected chi connectivity index (χ4v) is 2.31. The van der Waals surface area contributed by atoms with Crippen LogP contribution in [0.1, 0.15) is 5.56 Å². The monoisotopic (exact) mass is 266 g/mol. The number of rotatable bonds is 3. The van der Waals surface area contributed by atoms with Gasteiger partial charge >= 0.3 is 0 Å². The van der Waals surface area contributed by atoms with Gasteiger partial charge < -0.3 is 4.74 Å². The van der Waals surface area contributed by atoms with Gasteiger partial charge in [0, 0.05) is 10.5 Å². The summed E-state index contributed by atoms with van der Waals surface area (Å²) in [5, 5.41) is 1.37. The lowest BCUT2D eigenvalue weighted by molar-refractivity contribution is 0.414. The van der Waals surface area contributed by atoms with E-state index in [1.54, 1.807) is 18.9 Å². The lowest BCUT2D eigenvalue weighted by Crippen LogP contribution is -1.89. The maximum absolute atomic E-state index is 5.94. The molecule has 1 aromatic carbocycles. The van der Waals surface area contributed by atoms with E-state index in [9.17, 15) is 0 Å². The summed E-state index contributed by atoms with van der Waals surface area (Å²) >= 11 is 7.50. The first-order valence-corrected chi connectivity index (χ1v) is 6.19. The molecule has 0 fully saturated rings. The molecular weight excluding hydrogens is 256 g/mol. The van der Waals surface area contributed by atoms with E-state index >= 15 is 0 Å². The summed E-state index contributed by atoms with van der Waals surface area (Å²) in [6, 6.07) is 7.80. The molecule has 5 heteroatoms. The van der Waals surface area contributed by atoms with E-state index in [1.165, 1.54) is 6.33 Å². The number of benzene rings is 1. The van der Waals surface area contributed by atoms with Crippen molar-refractivity contribution in [3.8, 4) is 5.75 Å². The molecule has 0 aliphatic rings. The molecule has 0 unspecified atom stereocenters. The Kier molecular flexibility index (Phi) is 3.86. The molecule has 17 heavy (non-hydrogen) atoms. The highest BCUT2D eigenvalue weighted by Crippen LogP contribution is 2.31. The second kappa shape index (κ2) is 5.38. The molecule has 1 aromatic heterocycles. The summed E-state index contributed by atoms with van der Waals surface area (Å²) in [7, 11) is 1.65. The third kappa shape index (κ3) is 2.90. The van der Waals surface area contributed by atoms with E-state index in [4.69, 9.17) is 16.3 Å². The Hall–Kier alpha value is -1.26. The van der Waals surface area contributed by atoms with Gasteiger partial charge in [-0.1, -0.05) is 23.4 Å². The Morgan fingerprint density at radius 3 is 2.53 bits per heavy atom. The Balaban J connectivity index is 2.22. The number of aromatic nitrogens is 2. The highest BCUT2D eigenvalue weighted by atomic mass is 35.5. The third-order valence-electron chi connectivity index (χ3n) is 2.25. The van der Waals surface area contributed by atoms with Crippen molar-refractivity contribution in [3.63, 3.8) is 0 Å². The molecule has 1 heterocycles. The van der Waals surface area contributed by atoms with Crippen molar-refractivity contribution in [2.45, 2.75) is 16.8 Å². The molecule has 0 aliphatic carbocycles. The summed E-state index contributed by atoms with van der Waals surface area (Å²) in [5.74, 6) is 0.840. The van der Waals surface area contributed by atoms with Crippen molar-refractivity contribution >= 4 is 23.4 Å². The molecule has 2 aromatic rings. The van der Waals surface area contributed by atoms with Gasteiger partial charge in [-0.2, -0.15) is 0 Å². The minimum atomic E-state index is 0.496. The van der Waals surface area contributed by atoms with Crippen LogP contribution in [0.3, 0.4) is 0 Å². The molecule has 3 nitrogen and oxygen atoms in total. The summed E-state index contributed by atoms with van der Waals surface area (Å²) in [4.78, 5) is 9.23. The first-order chi connectivity index (χ1) is 8.20. The van der Waals surface area contributed by atoms with Gasteiger partial charge in [0.1, 0.15) is 22.3 Å². The standard InChI is InChI=1S/C12H11ClN2OS/c1-8-11(13)14-7-15-12(8)17-10-5-3-9(16-2)4-6-10/h3-7H,1-2H3. The topological polar surface area (TPSA) is 35.0 Å². The average molecular weight is 267 g/mol. The van der Waals surface area contributed by atoms with Crippen LogP contribution in [0.4, 0.5) is 0 Å². The van der Waals surface area contributed by atoms with Crippen LogP contribution in [-0.2, 0) is 0 Å². The molecule has 0 atom stereocenters. The van der Waals surface area contributed by atoms with E-state index in [-0.39, 0.29) is 0 Å². The van der Waals surface area contributed by atoms with Crippen molar-refractivity contribution in [2.24, 2.45) is 0 Å². The fraction of sp³-hybridized carbons (Fsp3) is 0.167. The van der Waals surface area contributed by atoms with Crippen LogP contribution in [0.5, 0.6) is 5.75 Å². The van der Waals surface area contributed by atoms with Gasteiger partial charge in [-0.3, -0.25) is 0 Å². The highest BCUT2D eigenvalue weighted by Gasteiger charge is 2.06. The van der Waals surface area contributed by atoms with Crippen LogP contribution in [-0.4, -0.2) is 17.1 Å². The minimum absolute atomic E-state index is 0.496. The quantitative estimate of drug-likeness (QED) is 0.795.